The summed E-state index contributed by atoms with van der Waals surface area (Å²) in [6.45, 7) is 4.63. The number of para-hydroxylation sites is 1. The van der Waals surface area contributed by atoms with Crippen LogP contribution in [0, 0.1) is 5.92 Å². The van der Waals surface area contributed by atoms with Crippen LogP contribution < -0.4 is 10.0 Å². The summed E-state index contributed by atoms with van der Waals surface area (Å²) >= 11 is 0. The van der Waals surface area contributed by atoms with Crippen LogP contribution in [0.25, 0.3) is 0 Å². The molecule has 19 heavy (non-hydrogen) atoms. The van der Waals surface area contributed by atoms with Crippen molar-refractivity contribution in [2.45, 2.75) is 44.0 Å². The van der Waals surface area contributed by atoms with Crippen molar-refractivity contribution >= 4 is 15.7 Å². The van der Waals surface area contributed by atoms with E-state index in [2.05, 4.69) is 17.0 Å². The molecule has 2 N–H and O–H groups in total. The number of rotatable bonds is 6. The highest BCUT2D eigenvalue weighted by molar-refractivity contribution is 7.89. The zero-order valence-corrected chi connectivity index (χ0v) is 12.3. The lowest BCUT2D eigenvalue weighted by molar-refractivity contribution is 0.309. The first kappa shape index (κ1) is 14.3. The predicted molar refractivity (Wildman–Crippen MR) is 77.7 cm³/mol. The van der Waals surface area contributed by atoms with Crippen LogP contribution in [0.1, 0.15) is 33.1 Å². The lowest BCUT2D eigenvalue weighted by Gasteiger charge is -2.34. The van der Waals surface area contributed by atoms with Gasteiger partial charge in [-0.2, -0.15) is 0 Å². The van der Waals surface area contributed by atoms with Gasteiger partial charge in [0.1, 0.15) is 4.90 Å². The van der Waals surface area contributed by atoms with E-state index in [1.807, 2.05) is 19.1 Å². The summed E-state index contributed by atoms with van der Waals surface area (Å²) in [6.07, 6.45) is 3.00. The van der Waals surface area contributed by atoms with Gasteiger partial charge in [0, 0.05) is 12.6 Å². The Morgan fingerprint density at radius 2 is 1.95 bits per heavy atom. The molecule has 0 saturated heterocycles. The quantitative estimate of drug-likeness (QED) is 0.843. The highest BCUT2D eigenvalue weighted by atomic mass is 32.2. The predicted octanol–water partition coefficient (Wildman–Crippen LogP) is 2.59. The van der Waals surface area contributed by atoms with E-state index < -0.39 is 10.0 Å². The van der Waals surface area contributed by atoms with Gasteiger partial charge in [-0.3, -0.25) is 0 Å². The number of benzene rings is 1. The van der Waals surface area contributed by atoms with E-state index in [1.54, 1.807) is 12.1 Å². The zero-order chi connectivity index (χ0) is 13.9. The number of hydrogen-bond acceptors (Lipinski definition) is 3. The van der Waals surface area contributed by atoms with Crippen LogP contribution in [0.15, 0.2) is 29.2 Å². The molecule has 0 bridgehead atoms. The van der Waals surface area contributed by atoms with Crippen molar-refractivity contribution in [3.63, 3.8) is 0 Å². The standard InChI is InChI=1S/C14H22N2O2S/c1-3-8-15-19(17,18)14-7-5-4-6-13(14)16-12-9-11(2)10-12/h4-7,11-12,15-16H,3,8-10H2,1-2H3. The van der Waals surface area contributed by atoms with Crippen LogP contribution >= 0.6 is 0 Å². The molecule has 1 aromatic rings. The summed E-state index contributed by atoms with van der Waals surface area (Å²) in [5.74, 6) is 0.736. The first-order chi connectivity index (χ1) is 9.03. The average molecular weight is 282 g/mol. The molecule has 0 unspecified atom stereocenters. The molecule has 0 radical (unpaired) electrons. The molecule has 5 heteroatoms. The minimum absolute atomic E-state index is 0.350. The average Bonchev–Trinajstić information content (AvgIpc) is 2.35. The molecule has 0 aliphatic heterocycles. The van der Waals surface area contributed by atoms with Gasteiger partial charge >= 0.3 is 0 Å². The monoisotopic (exact) mass is 282 g/mol. The van der Waals surface area contributed by atoms with Crippen molar-refractivity contribution < 1.29 is 8.42 Å². The molecule has 1 saturated carbocycles. The molecule has 1 aromatic carbocycles. The van der Waals surface area contributed by atoms with Gasteiger partial charge in [-0.1, -0.05) is 26.0 Å². The Morgan fingerprint density at radius 3 is 2.58 bits per heavy atom. The van der Waals surface area contributed by atoms with E-state index in [9.17, 15) is 8.42 Å². The molecule has 2 rings (SSSR count). The third-order valence-corrected chi connectivity index (χ3v) is 4.97. The molecule has 0 aromatic heterocycles. The van der Waals surface area contributed by atoms with E-state index in [0.29, 0.717) is 23.2 Å². The molecule has 1 aliphatic carbocycles. The molecule has 0 heterocycles. The Hall–Kier alpha value is -1.07. The lowest BCUT2D eigenvalue weighted by Crippen LogP contribution is -2.34. The second kappa shape index (κ2) is 5.92. The van der Waals surface area contributed by atoms with Crippen molar-refractivity contribution in [2.75, 3.05) is 11.9 Å². The second-order valence-electron chi connectivity index (χ2n) is 5.31. The third kappa shape index (κ3) is 3.48. The first-order valence-corrected chi connectivity index (χ1v) is 8.36. The van der Waals surface area contributed by atoms with Gasteiger partial charge in [0.2, 0.25) is 10.0 Å². The summed E-state index contributed by atoms with van der Waals surface area (Å²) in [5, 5.41) is 3.34. The summed E-state index contributed by atoms with van der Waals surface area (Å²) in [5.41, 5.74) is 0.711. The summed E-state index contributed by atoms with van der Waals surface area (Å²) in [6, 6.07) is 7.52. The van der Waals surface area contributed by atoms with Gasteiger partial charge in [-0.15, -0.1) is 0 Å². The van der Waals surface area contributed by atoms with Crippen LogP contribution in [0.4, 0.5) is 5.69 Å². The summed E-state index contributed by atoms with van der Waals surface area (Å²) in [7, 11) is -3.41. The fourth-order valence-corrected chi connectivity index (χ4v) is 3.68. The van der Waals surface area contributed by atoms with Gasteiger partial charge in [-0.05, 0) is 37.3 Å². The smallest absolute Gasteiger partial charge is 0.242 e. The highest BCUT2D eigenvalue weighted by Gasteiger charge is 2.27. The van der Waals surface area contributed by atoms with E-state index in [-0.39, 0.29) is 0 Å². The minimum Gasteiger partial charge on any atom is -0.381 e. The Balaban J connectivity index is 2.16. The van der Waals surface area contributed by atoms with Gasteiger partial charge in [0.25, 0.3) is 0 Å². The number of sulfonamides is 1. The fraction of sp³-hybridized carbons (Fsp3) is 0.571. The number of hydrogen-bond donors (Lipinski definition) is 2. The minimum atomic E-state index is -3.41. The molecule has 4 nitrogen and oxygen atoms in total. The Morgan fingerprint density at radius 1 is 1.26 bits per heavy atom. The maximum absolute atomic E-state index is 12.2. The van der Waals surface area contributed by atoms with Crippen molar-refractivity contribution in [3.05, 3.63) is 24.3 Å². The summed E-state index contributed by atoms with van der Waals surface area (Å²) in [4.78, 5) is 0.350. The van der Waals surface area contributed by atoms with E-state index >= 15 is 0 Å². The van der Waals surface area contributed by atoms with E-state index in [1.165, 1.54) is 0 Å². The second-order valence-corrected chi connectivity index (χ2v) is 7.05. The van der Waals surface area contributed by atoms with Crippen LogP contribution in [0.3, 0.4) is 0 Å². The number of anilines is 1. The summed E-state index contributed by atoms with van der Waals surface area (Å²) < 4.78 is 27.0. The van der Waals surface area contributed by atoms with Gasteiger partial charge < -0.3 is 5.32 Å². The Kier molecular flexibility index (Phi) is 4.47. The van der Waals surface area contributed by atoms with Crippen molar-refractivity contribution in [1.29, 1.82) is 0 Å². The van der Waals surface area contributed by atoms with Gasteiger partial charge in [-0.25, -0.2) is 13.1 Å². The largest absolute Gasteiger partial charge is 0.381 e. The lowest BCUT2D eigenvalue weighted by atomic mass is 9.82. The van der Waals surface area contributed by atoms with Gasteiger partial charge in [0.05, 0.1) is 5.69 Å². The molecule has 0 spiro atoms. The molecule has 106 valence electrons. The maximum atomic E-state index is 12.2. The molecule has 0 atom stereocenters. The molecule has 0 amide bonds. The molecule has 1 aliphatic rings. The SMILES string of the molecule is CCCNS(=O)(=O)c1ccccc1NC1CC(C)C1. The zero-order valence-electron chi connectivity index (χ0n) is 11.5. The van der Waals surface area contributed by atoms with Crippen LogP contribution in [0.5, 0.6) is 0 Å². The Labute approximate surface area is 115 Å². The van der Waals surface area contributed by atoms with Crippen molar-refractivity contribution in [1.82, 2.24) is 4.72 Å². The number of nitrogens with one attached hydrogen (secondary N) is 2. The van der Waals surface area contributed by atoms with Crippen molar-refractivity contribution in [2.24, 2.45) is 5.92 Å². The topological polar surface area (TPSA) is 58.2 Å². The molecular formula is C14H22N2O2S. The Bertz CT molecular complexity index is 522. The van der Waals surface area contributed by atoms with E-state index in [4.69, 9.17) is 0 Å². The first-order valence-electron chi connectivity index (χ1n) is 6.88. The maximum Gasteiger partial charge on any atom is 0.242 e. The van der Waals surface area contributed by atoms with Gasteiger partial charge in [0.15, 0.2) is 0 Å². The molecule has 1 fully saturated rings. The van der Waals surface area contributed by atoms with Crippen LogP contribution in [-0.4, -0.2) is 21.0 Å². The highest BCUT2D eigenvalue weighted by Crippen LogP contribution is 2.31. The van der Waals surface area contributed by atoms with E-state index in [0.717, 1.165) is 25.2 Å². The van der Waals surface area contributed by atoms with Crippen LogP contribution in [-0.2, 0) is 10.0 Å². The third-order valence-electron chi connectivity index (χ3n) is 3.45. The van der Waals surface area contributed by atoms with Crippen molar-refractivity contribution in [3.8, 4) is 0 Å². The van der Waals surface area contributed by atoms with Crippen LogP contribution in [0.2, 0.25) is 0 Å². The fourth-order valence-electron chi connectivity index (χ4n) is 2.37. The normalized spacial score (nSPS) is 22.8. The molecular weight excluding hydrogens is 260 g/mol.